The molecule has 1 aromatic heterocycles. The molecule has 0 radical (unpaired) electrons. The van der Waals surface area contributed by atoms with Crippen molar-refractivity contribution in [1.82, 2.24) is 15.0 Å². The van der Waals surface area contributed by atoms with Crippen LogP contribution in [0.15, 0.2) is 78.9 Å². The highest BCUT2D eigenvalue weighted by molar-refractivity contribution is 7.52. The normalized spacial score (nSPS) is 12.9. The smallest absolute Gasteiger partial charge is 0.254 e. The van der Waals surface area contributed by atoms with Crippen molar-refractivity contribution in [2.45, 2.75) is 18.6 Å². The van der Waals surface area contributed by atoms with Gasteiger partial charge in [-0.3, -0.25) is 4.57 Å². The fourth-order valence-electron chi connectivity index (χ4n) is 3.42. The lowest BCUT2D eigenvalue weighted by Gasteiger charge is -2.19. The first-order chi connectivity index (χ1) is 14.6. The summed E-state index contributed by atoms with van der Waals surface area (Å²) in [7, 11) is -4.42. The third-order valence-corrected chi connectivity index (χ3v) is 6.07. The minimum absolute atomic E-state index is 0.112. The van der Waals surface area contributed by atoms with Crippen LogP contribution < -0.4 is 0 Å². The number of hydrogen-bond acceptors (Lipinski definition) is 5. The summed E-state index contributed by atoms with van der Waals surface area (Å²) in [6.07, 6.45) is 0.102. The van der Waals surface area contributed by atoms with Gasteiger partial charge in [0.1, 0.15) is 5.52 Å². The predicted molar refractivity (Wildman–Crippen MR) is 108 cm³/mol. The lowest BCUT2D eigenvalue weighted by molar-refractivity contribution is -0.0881. The fourth-order valence-corrected chi connectivity index (χ4v) is 4.20. The van der Waals surface area contributed by atoms with Crippen molar-refractivity contribution in [3.63, 3.8) is 0 Å². The maximum Gasteiger partial charge on any atom is 0.399 e. The average Bonchev–Trinajstić information content (AvgIpc) is 3.23. The minimum atomic E-state index is -4.42. The van der Waals surface area contributed by atoms with Gasteiger partial charge in [-0.1, -0.05) is 71.9 Å². The number of aromatic nitrogens is 3. The van der Waals surface area contributed by atoms with E-state index in [0.717, 1.165) is 22.2 Å². The molecular weight excluding hydrogens is 411 g/mol. The zero-order chi connectivity index (χ0) is 21.0. The summed E-state index contributed by atoms with van der Waals surface area (Å²) in [4.78, 5) is 0. The molecule has 6 nitrogen and oxygen atoms in total. The van der Waals surface area contributed by atoms with E-state index in [0.29, 0.717) is 12.0 Å². The summed E-state index contributed by atoms with van der Waals surface area (Å²) in [5, 5.41) is 8.63. The highest BCUT2D eigenvalue weighted by Crippen LogP contribution is 2.52. The molecule has 0 spiro atoms. The van der Waals surface area contributed by atoms with Crippen LogP contribution in [0.4, 0.5) is 9.05 Å². The second-order valence-corrected chi connectivity index (χ2v) is 8.69. The van der Waals surface area contributed by atoms with Crippen LogP contribution in [0.5, 0.6) is 0 Å². The van der Waals surface area contributed by atoms with Crippen LogP contribution in [-0.2, 0) is 26.6 Å². The van der Waals surface area contributed by atoms with E-state index in [9.17, 15) is 13.6 Å². The fraction of sp³-hybridized carbons (Fsp3) is 0.143. The Morgan fingerprint density at radius 2 is 1.50 bits per heavy atom. The predicted octanol–water partition coefficient (Wildman–Crippen LogP) is 5.76. The van der Waals surface area contributed by atoms with Gasteiger partial charge in [-0.15, -0.1) is 14.6 Å². The Labute approximate surface area is 171 Å². The van der Waals surface area contributed by atoms with E-state index in [-0.39, 0.29) is 6.04 Å². The number of para-hydroxylation sites is 1. The molecule has 0 aliphatic rings. The molecule has 0 N–H and O–H groups in total. The first kappa shape index (κ1) is 20.3. The Hall–Kier alpha value is -2.93. The van der Waals surface area contributed by atoms with Crippen LogP contribution in [0.3, 0.4) is 0 Å². The molecule has 30 heavy (non-hydrogen) atoms. The Bertz CT molecular complexity index is 1160. The van der Waals surface area contributed by atoms with E-state index >= 15 is 0 Å². The number of benzene rings is 3. The number of fused-ring (bicyclic) bond motifs is 1. The maximum absolute atomic E-state index is 12.3. The number of nitrogens with zero attached hydrogens (tertiary/aromatic N) is 3. The third kappa shape index (κ3) is 4.31. The van der Waals surface area contributed by atoms with E-state index in [1.54, 1.807) is 12.1 Å². The molecule has 154 valence electrons. The average molecular weight is 429 g/mol. The van der Waals surface area contributed by atoms with Gasteiger partial charge in [0.2, 0.25) is 0 Å². The molecule has 4 rings (SSSR count). The number of halogens is 2. The lowest BCUT2D eigenvalue weighted by atomic mass is 9.98. The van der Waals surface area contributed by atoms with Crippen LogP contribution in [0.2, 0.25) is 0 Å². The molecule has 1 atom stereocenters. The van der Waals surface area contributed by atoms with Crippen LogP contribution in [-0.4, -0.2) is 15.0 Å². The topological polar surface area (TPSA) is 66.2 Å². The van der Waals surface area contributed by atoms with Gasteiger partial charge in [0, 0.05) is 0 Å². The van der Waals surface area contributed by atoms with Crippen molar-refractivity contribution in [3.8, 4) is 0 Å². The highest BCUT2D eigenvalue weighted by atomic mass is 31.2. The third-order valence-electron chi connectivity index (χ3n) is 4.90. The number of hydrogen-bond donors (Lipinski definition) is 0. The minimum Gasteiger partial charge on any atom is -0.254 e. The molecule has 4 aromatic rings. The summed E-state index contributed by atoms with van der Waals surface area (Å²) in [5.41, 5.74) is 4.19. The number of rotatable bonds is 8. The molecule has 1 unspecified atom stereocenters. The van der Waals surface area contributed by atoms with Gasteiger partial charge in [0.15, 0.2) is 0 Å². The van der Waals surface area contributed by atoms with Crippen LogP contribution in [0.25, 0.3) is 11.0 Å². The summed E-state index contributed by atoms with van der Waals surface area (Å²) in [5.74, 6) is 0. The highest BCUT2D eigenvalue weighted by Gasteiger charge is 2.28. The van der Waals surface area contributed by atoms with Gasteiger partial charge in [-0.2, -0.15) is 0 Å². The van der Waals surface area contributed by atoms with Crippen molar-refractivity contribution >= 4 is 18.6 Å². The lowest BCUT2D eigenvalue weighted by Crippen LogP contribution is -2.15. The zero-order valence-corrected chi connectivity index (χ0v) is 16.7. The van der Waals surface area contributed by atoms with Gasteiger partial charge < -0.3 is 0 Å². The molecule has 0 fully saturated rings. The van der Waals surface area contributed by atoms with E-state index in [1.165, 1.54) is 0 Å². The molecular formula is C21H18F2N3O3P. The maximum atomic E-state index is 12.3. The van der Waals surface area contributed by atoms with Gasteiger partial charge in [0.05, 0.1) is 17.7 Å². The van der Waals surface area contributed by atoms with Crippen LogP contribution in [0, 0.1) is 0 Å². The molecule has 9 heteroatoms. The van der Waals surface area contributed by atoms with Gasteiger partial charge in [0.25, 0.3) is 0 Å². The van der Waals surface area contributed by atoms with Crippen molar-refractivity contribution in [2.75, 3.05) is 0 Å². The quantitative estimate of drug-likeness (QED) is 0.333. The standard InChI is InChI=1S/C21H18F2N3O3P/c22-28-30(27,29-23)15-17-12-10-16(11-13-17)14-21(18-6-2-1-3-7-18)26-20-9-5-4-8-19(20)24-25-26/h1-13,21H,14-15H2. The summed E-state index contributed by atoms with van der Waals surface area (Å²) in [6, 6.07) is 24.5. The second kappa shape index (κ2) is 8.83. The van der Waals surface area contributed by atoms with E-state index in [4.69, 9.17) is 0 Å². The van der Waals surface area contributed by atoms with E-state index < -0.39 is 13.8 Å². The first-order valence-electron chi connectivity index (χ1n) is 9.24. The molecule has 0 saturated heterocycles. The van der Waals surface area contributed by atoms with Crippen molar-refractivity contribution in [3.05, 3.63) is 95.6 Å². The molecule has 3 aromatic carbocycles. The zero-order valence-electron chi connectivity index (χ0n) is 15.8. The van der Waals surface area contributed by atoms with Crippen LogP contribution in [0.1, 0.15) is 22.7 Å². The first-order valence-corrected chi connectivity index (χ1v) is 11.0. The Morgan fingerprint density at radius 1 is 0.867 bits per heavy atom. The van der Waals surface area contributed by atoms with Crippen molar-refractivity contribution in [1.29, 1.82) is 0 Å². The molecule has 0 aliphatic heterocycles. The molecule has 0 aliphatic carbocycles. The van der Waals surface area contributed by atoms with E-state index in [2.05, 4.69) is 19.8 Å². The van der Waals surface area contributed by atoms with Crippen LogP contribution >= 0.6 is 7.60 Å². The summed E-state index contributed by atoms with van der Waals surface area (Å²) >= 11 is 0. The largest absolute Gasteiger partial charge is 0.399 e. The summed E-state index contributed by atoms with van der Waals surface area (Å²) < 4.78 is 44.5. The van der Waals surface area contributed by atoms with Gasteiger partial charge >= 0.3 is 7.60 Å². The molecule has 0 saturated carbocycles. The molecule has 0 amide bonds. The Morgan fingerprint density at radius 3 is 2.20 bits per heavy atom. The SMILES string of the molecule is O=P(Cc1ccc(CC(c2ccccc2)n2nnc3ccccc32)cc1)(OF)OF. The van der Waals surface area contributed by atoms with Gasteiger partial charge in [-0.05, 0) is 44.3 Å². The summed E-state index contributed by atoms with van der Waals surface area (Å²) in [6.45, 7) is 0. The second-order valence-electron chi connectivity index (χ2n) is 6.88. The molecule has 0 bridgehead atoms. The van der Waals surface area contributed by atoms with Gasteiger partial charge in [-0.25, -0.2) is 4.68 Å². The Balaban J connectivity index is 1.64. The van der Waals surface area contributed by atoms with Crippen molar-refractivity contribution < 1.29 is 23.1 Å². The van der Waals surface area contributed by atoms with E-state index in [1.807, 2.05) is 71.4 Å². The Kier molecular flexibility index (Phi) is 5.99. The molecule has 1 heterocycles. The monoisotopic (exact) mass is 429 g/mol. The van der Waals surface area contributed by atoms with Crippen molar-refractivity contribution in [2.24, 2.45) is 0 Å².